The van der Waals surface area contributed by atoms with Gasteiger partial charge in [0.1, 0.15) is 5.82 Å². The fourth-order valence-electron chi connectivity index (χ4n) is 2.53. The van der Waals surface area contributed by atoms with Crippen LogP contribution < -0.4 is 5.32 Å². The number of fused-ring (bicyclic) bond motifs is 1. The summed E-state index contributed by atoms with van der Waals surface area (Å²) in [6, 6.07) is 10.4. The average Bonchev–Trinajstić information content (AvgIpc) is 2.91. The minimum absolute atomic E-state index is 0.147. The van der Waals surface area contributed by atoms with Gasteiger partial charge in [0, 0.05) is 11.6 Å². The van der Waals surface area contributed by atoms with Gasteiger partial charge in [-0.15, -0.1) is 0 Å². The van der Waals surface area contributed by atoms with Crippen LogP contribution >= 0.6 is 11.6 Å². The van der Waals surface area contributed by atoms with E-state index in [9.17, 15) is 0 Å². The van der Waals surface area contributed by atoms with Crippen molar-refractivity contribution in [2.24, 2.45) is 0 Å². The Labute approximate surface area is 129 Å². The normalized spacial score (nSPS) is 14.3. The lowest BCUT2D eigenvalue weighted by Gasteiger charge is -2.17. The van der Waals surface area contributed by atoms with Crippen LogP contribution in [0.25, 0.3) is 5.57 Å². The zero-order valence-corrected chi connectivity index (χ0v) is 12.6. The van der Waals surface area contributed by atoms with E-state index in [2.05, 4.69) is 47.0 Å². The largest absolute Gasteiger partial charge is 0.363 e. The SMILES string of the molecule is C=CC1=CCc2c(N[C@H](C)c3ccccc3)nc(Cl)nc21. The van der Waals surface area contributed by atoms with Gasteiger partial charge in [0.15, 0.2) is 0 Å². The van der Waals surface area contributed by atoms with Crippen molar-refractivity contribution in [3.63, 3.8) is 0 Å². The molecule has 1 aliphatic rings. The molecule has 106 valence electrons. The molecule has 2 aromatic rings. The molecule has 0 fully saturated rings. The monoisotopic (exact) mass is 297 g/mol. The van der Waals surface area contributed by atoms with E-state index in [0.717, 1.165) is 29.1 Å². The Morgan fingerprint density at radius 2 is 2.05 bits per heavy atom. The summed E-state index contributed by atoms with van der Waals surface area (Å²) in [6.45, 7) is 5.92. The van der Waals surface area contributed by atoms with Crippen LogP contribution in [0.2, 0.25) is 5.28 Å². The maximum Gasteiger partial charge on any atom is 0.224 e. The molecule has 4 heteroatoms. The molecule has 0 amide bonds. The van der Waals surface area contributed by atoms with Crippen LogP contribution in [-0.4, -0.2) is 9.97 Å². The molecule has 0 spiro atoms. The van der Waals surface area contributed by atoms with Crippen LogP contribution in [0.3, 0.4) is 0 Å². The molecular weight excluding hydrogens is 282 g/mol. The number of halogens is 1. The Balaban J connectivity index is 1.93. The first-order valence-electron chi connectivity index (χ1n) is 6.90. The maximum atomic E-state index is 6.06. The van der Waals surface area contributed by atoms with Gasteiger partial charge in [-0.1, -0.05) is 49.1 Å². The fourth-order valence-corrected chi connectivity index (χ4v) is 2.70. The number of nitrogens with zero attached hydrogens (tertiary/aromatic N) is 2. The van der Waals surface area contributed by atoms with E-state index in [1.807, 2.05) is 18.2 Å². The van der Waals surface area contributed by atoms with Crippen molar-refractivity contribution >= 4 is 23.0 Å². The van der Waals surface area contributed by atoms with Crippen LogP contribution in [0.4, 0.5) is 5.82 Å². The molecule has 0 saturated heterocycles. The zero-order chi connectivity index (χ0) is 14.8. The predicted octanol–water partition coefficient (Wildman–Crippen LogP) is 4.43. The molecule has 1 aromatic heterocycles. The smallest absolute Gasteiger partial charge is 0.224 e. The van der Waals surface area contributed by atoms with Gasteiger partial charge in [0.25, 0.3) is 0 Å². The molecule has 3 nitrogen and oxygen atoms in total. The summed E-state index contributed by atoms with van der Waals surface area (Å²) in [4.78, 5) is 8.68. The van der Waals surface area contributed by atoms with E-state index in [4.69, 9.17) is 11.6 Å². The van der Waals surface area contributed by atoms with Gasteiger partial charge in [0.2, 0.25) is 5.28 Å². The third kappa shape index (κ3) is 2.69. The number of hydrogen-bond donors (Lipinski definition) is 1. The second-order valence-electron chi connectivity index (χ2n) is 5.01. The molecule has 0 unspecified atom stereocenters. The van der Waals surface area contributed by atoms with Crippen LogP contribution in [0, 0.1) is 0 Å². The molecule has 0 bridgehead atoms. The number of anilines is 1. The molecule has 1 aromatic carbocycles. The Bertz CT molecular complexity index is 707. The van der Waals surface area contributed by atoms with Gasteiger partial charge in [-0.05, 0) is 36.1 Å². The highest BCUT2D eigenvalue weighted by atomic mass is 35.5. The molecule has 3 rings (SSSR count). The molecular formula is C17H16ClN3. The number of aromatic nitrogens is 2. The van der Waals surface area contributed by atoms with Crippen molar-refractivity contribution in [2.45, 2.75) is 19.4 Å². The highest BCUT2D eigenvalue weighted by Crippen LogP contribution is 2.33. The van der Waals surface area contributed by atoms with E-state index >= 15 is 0 Å². The maximum absolute atomic E-state index is 6.06. The molecule has 21 heavy (non-hydrogen) atoms. The number of hydrogen-bond acceptors (Lipinski definition) is 3. The van der Waals surface area contributed by atoms with Crippen LogP contribution in [0.15, 0.2) is 49.1 Å². The lowest BCUT2D eigenvalue weighted by molar-refractivity contribution is 0.866. The summed E-state index contributed by atoms with van der Waals surface area (Å²) in [5.41, 5.74) is 4.19. The van der Waals surface area contributed by atoms with E-state index in [1.165, 1.54) is 5.56 Å². The average molecular weight is 298 g/mol. The van der Waals surface area contributed by atoms with Crippen molar-refractivity contribution in [1.29, 1.82) is 0 Å². The highest BCUT2D eigenvalue weighted by molar-refractivity contribution is 6.28. The number of allylic oxidation sites excluding steroid dienone is 3. The minimum Gasteiger partial charge on any atom is -0.363 e. The van der Waals surface area contributed by atoms with Gasteiger partial charge in [0.05, 0.1) is 5.69 Å². The molecule has 1 N–H and O–H groups in total. The zero-order valence-electron chi connectivity index (χ0n) is 11.8. The van der Waals surface area contributed by atoms with Crippen molar-refractivity contribution < 1.29 is 0 Å². The summed E-state index contributed by atoms with van der Waals surface area (Å²) in [5, 5.41) is 3.70. The summed E-state index contributed by atoms with van der Waals surface area (Å²) in [6.07, 6.45) is 4.71. The molecule has 0 saturated carbocycles. The first kappa shape index (κ1) is 13.8. The van der Waals surface area contributed by atoms with Crippen LogP contribution in [-0.2, 0) is 6.42 Å². The first-order valence-corrected chi connectivity index (χ1v) is 7.27. The van der Waals surface area contributed by atoms with Gasteiger partial charge in [-0.2, -0.15) is 0 Å². The highest BCUT2D eigenvalue weighted by Gasteiger charge is 2.21. The van der Waals surface area contributed by atoms with Gasteiger partial charge in [-0.3, -0.25) is 0 Å². The summed E-state index contributed by atoms with van der Waals surface area (Å²) in [5.74, 6) is 0.800. The number of rotatable bonds is 4. The summed E-state index contributed by atoms with van der Waals surface area (Å²) in [7, 11) is 0. The molecule has 1 atom stereocenters. The van der Waals surface area contributed by atoms with Crippen LogP contribution in [0.5, 0.6) is 0 Å². The van der Waals surface area contributed by atoms with Crippen molar-refractivity contribution in [2.75, 3.05) is 5.32 Å². The molecule has 1 heterocycles. The fraction of sp³-hybridized carbons (Fsp3) is 0.176. The van der Waals surface area contributed by atoms with Crippen LogP contribution in [0.1, 0.15) is 29.8 Å². The van der Waals surface area contributed by atoms with Crippen molar-refractivity contribution in [3.8, 4) is 0 Å². The first-order chi connectivity index (χ1) is 10.2. The Hall–Kier alpha value is -2.13. The van der Waals surface area contributed by atoms with E-state index in [0.29, 0.717) is 0 Å². The second-order valence-corrected chi connectivity index (χ2v) is 5.35. The Morgan fingerprint density at radius 1 is 1.29 bits per heavy atom. The summed E-state index contributed by atoms with van der Waals surface area (Å²) < 4.78 is 0. The lowest BCUT2D eigenvalue weighted by Crippen LogP contribution is -2.11. The van der Waals surface area contributed by atoms with Gasteiger partial charge in [-0.25, -0.2) is 9.97 Å². The van der Waals surface area contributed by atoms with E-state index in [-0.39, 0.29) is 11.3 Å². The third-order valence-electron chi connectivity index (χ3n) is 3.65. The summed E-state index contributed by atoms with van der Waals surface area (Å²) >= 11 is 6.06. The topological polar surface area (TPSA) is 37.8 Å². The molecule has 1 aliphatic carbocycles. The standard InChI is InChI=1S/C17H16ClN3/c1-3-12-9-10-14-15(12)20-17(18)21-16(14)19-11(2)13-7-5-4-6-8-13/h3-9,11H,1,10H2,2H3,(H,19,20,21)/t11-/m1/s1. The van der Waals surface area contributed by atoms with Gasteiger partial charge < -0.3 is 5.32 Å². The number of nitrogens with one attached hydrogen (secondary N) is 1. The van der Waals surface area contributed by atoms with Gasteiger partial charge >= 0.3 is 0 Å². The lowest BCUT2D eigenvalue weighted by atomic mass is 10.1. The van der Waals surface area contributed by atoms with Crippen molar-refractivity contribution in [3.05, 3.63) is 71.2 Å². The quantitative estimate of drug-likeness (QED) is 0.848. The number of benzene rings is 1. The van der Waals surface area contributed by atoms with Crippen molar-refractivity contribution in [1.82, 2.24) is 9.97 Å². The Kier molecular flexibility index (Phi) is 3.76. The Morgan fingerprint density at radius 3 is 2.76 bits per heavy atom. The van der Waals surface area contributed by atoms with E-state index in [1.54, 1.807) is 6.08 Å². The molecule has 0 radical (unpaired) electrons. The minimum atomic E-state index is 0.147. The third-order valence-corrected chi connectivity index (χ3v) is 3.82. The molecule has 0 aliphatic heterocycles. The van der Waals surface area contributed by atoms with E-state index < -0.39 is 0 Å². The second kappa shape index (κ2) is 5.70. The predicted molar refractivity (Wildman–Crippen MR) is 87.4 cm³/mol.